The Morgan fingerprint density at radius 2 is 1.85 bits per heavy atom. The Bertz CT molecular complexity index is 735. The van der Waals surface area contributed by atoms with Crippen LogP contribution in [-0.4, -0.2) is 13.6 Å². The number of sulfonamides is 1. The smallest absolute Gasteiger partial charge is 0.243 e. The SMILES string of the molecule is Cc1cc(CNS(=O)(=O)c2cc(C)c(C)cc2N)on1. The van der Waals surface area contributed by atoms with E-state index in [0.29, 0.717) is 11.5 Å². The molecular formula is C13H17N3O3S. The monoisotopic (exact) mass is 295 g/mol. The average Bonchev–Trinajstić information content (AvgIpc) is 2.77. The Balaban J connectivity index is 2.24. The Morgan fingerprint density at radius 3 is 2.45 bits per heavy atom. The van der Waals surface area contributed by atoms with Gasteiger partial charge in [0, 0.05) is 6.07 Å². The molecule has 0 saturated heterocycles. The number of nitrogen functional groups attached to an aromatic ring is 1. The van der Waals surface area contributed by atoms with Crippen molar-refractivity contribution in [2.24, 2.45) is 0 Å². The van der Waals surface area contributed by atoms with Gasteiger partial charge in [0.2, 0.25) is 10.0 Å². The fourth-order valence-electron chi connectivity index (χ4n) is 1.79. The second-order valence-electron chi connectivity index (χ2n) is 4.73. The highest BCUT2D eigenvalue weighted by Gasteiger charge is 2.19. The van der Waals surface area contributed by atoms with Crippen LogP contribution in [0.3, 0.4) is 0 Å². The van der Waals surface area contributed by atoms with E-state index < -0.39 is 10.0 Å². The molecule has 0 aliphatic rings. The van der Waals surface area contributed by atoms with Crippen molar-refractivity contribution in [3.63, 3.8) is 0 Å². The van der Waals surface area contributed by atoms with Gasteiger partial charge in [-0.1, -0.05) is 5.16 Å². The summed E-state index contributed by atoms with van der Waals surface area (Å²) in [6, 6.07) is 4.90. The van der Waals surface area contributed by atoms with E-state index in [2.05, 4.69) is 9.88 Å². The van der Waals surface area contributed by atoms with Crippen LogP contribution in [0.2, 0.25) is 0 Å². The molecule has 2 rings (SSSR count). The topological polar surface area (TPSA) is 98.2 Å². The number of anilines is 1. The van der Waals surface area contributed by atoms with Crippen molar-refractivity contribution in [2.45, 2.75) is 32.2 Å². The molecule has 0 aliphatic carbocycles. The van der Waals surface area contributed by atoms with E-state index in [9.17, 15) is 8.42 Å². The molecule has 0 fully saturated rings. The maximum absolute atomic E-state index is 12.2. The van der Waals surface area contributed by atoms with Crippen LogP contribution in [0, 0.1) is 20.8 Å². The number of nitrogens with two attached hydrogens (primary N) is 1. The predicted octanol–water partition coefficient (Wildman–Crippen LogP) is 1.66. The third-order valence-electron chi connectivity index (χ3n) is 3.03. The summed E-state index contributed by atoms with van der Waals surface area (Å²) in [7, 11) is -3.68. The summed E-state index contributed by atoms with van der Waals surface area (Å²) < 4.78 is 31.9. The first kappa shape index (κ1) is 14.5. The van der Waals surface area contributed by atoms with Gasteiger partial charge < -0.3 is 10.3 Å². The number of nitrogens with zero attached hydrogens (tertiary/aromatic N) is 1. The summed E-state index contributed by atoms with van der Waals surface area (Å²) in [6.07, 6.45) is 0. The fourth-order valence-corrected chi connectivity index (χ4v) is 2.98. The van der Waals surface area contributed by atoms with Crippen LogP contribution < -0.4 is 10.5 Å². The lowest BCUT2D eigenvalue weighted by Gasteiger charge is -2.10. The van der Waals surface area contributed by atoms with Crippen LogP contribution in [0.15, 0.2) is 27.6 Å². The van der Waals surface area contributed by atoms with E-state index in [1.807, 2.05) is 13.8 Å². The molecule has 6 nitrogen and oxygen atoms in total. The second-order valence-corrected chi connectivity index (χ2v) is 6.47. The highest BCUT2D eigenvalue weighted by molar-refractivity contribution is 7.89. The maximum atomic E-state index is 12.2. The largest absolute Gasteiger partial charge is 0.398 e. The first-order chi connectivity index (χ1) is 9.29. The number of nitrogens with one attached hydrogen (secondary N) is 1. The number of hydrogen-bond donors (Lipinski definition) is 2. The lowest BCUT2D eigenvalue weighted by molar-refractivity contribution is 0.377. The molecule has 1 heterocycles. The molecule has 108 valence electrons. The molecule has 1 aromatic heterocycles. The van der Waals surface area contributed by atoms with Crippen LogP contribution in [-0.2, 0) is 16.6 Å². The fraction of sp³-hybridized carbons (Fsp3) is 0.308. The molecule has 0 unspecified atom stereocenters. The molecule has 7 heteroatoms. The zero-order valence-corrected chi connectivity index (χ0v) is 12.4. The van der Waals surface area contributed by atoms with E-state index in [0.717, 1.165) is 11.1 Å². The third kappa shape index (κ3) is 3.00. The summed E-state index contributed by atoms with van der Waals surface area (Å²) >= 11 is 0. The quantitative estimate of drug-likeness (QED) is 0.836. The number of rotatable bonds is 4. The summed E-state index contributed by atoms with van der Waals surface area (Å²) in [5.41, 5.74) is 8.55. The van der Waals surface area contributed by atoms with E-state index in [1.165, 1.54) is 0 Å². The standard InChI is InChI=1S/C13H17N3O3S/c1-8-4-12(14)13(5-9(8)2)20(17,18)15-7-11-6-10(3)16-19-11/h4-6,15H,7,14H2,1-3H3. The normalized spacial score (nSPS) is 11.8. The first-order valence-electron chi connectivity index (χ1n) is 6.08. The molecule has 0 saturated carbocycles. The van der Waals surface area contributed by atoms with Crippen molar-refractivity contribution < 1.29 is 12.9 Å². The molecule has 3 N–H and O–H groups in total. The van der Waals surface area contributed by atoms with Crippen molar-refractivity contribution in [3.8, 4) is 0 Å². The summed E-state index contributed by atoms with van der Waals surface area (Å²) in [5, 5.41) is 3.70. The molecule has 1 aromatic carbocycles. The highest BCUT2D eigenvalue weighted by Crippen LogP contribution is 2.22. The Kier molecular flexibility index (Phi) is 3.82. The molecule has 0 radical (unpaired) electrons. The molecule has 20 heavy (non-hydrogen) atoms. The van der Waals surface area contributed by atoms with Gasteiger partial charge in [-0.05, 0) is 44.0 Å². The molecule has 0 atom stereocenters. The van der Waals surface area contributed by atoms with Crippen molar-refractivity contribution in [3.05, 3.63) is 40.8 Å². The summed E-state index contributed by atoms with van der Waals surface area (Å²) in [6.45, 7) is 5.53. The van der Waals surface area contributed by atoms with Crippen LogP contribution in [0.5, 0.6) is 0 Å². The minimum Gasteiger partial charge on any atom is -0.398 e. The number of aryl methyl sites for hydroxylation is 3. The lowest BCUT2D eigenvalue weighted by atomic mass is 10.1. The zero-order chi connectivity index (χ0) is 14.9. The average molecular weight is 295 g/mol. The first-order valence-corrected chi connectivity index (χ1v) is 7.56. The van der Waals surface area contributed by atoms with Crippen LogP contribution >= 0.6 is 0 Å². The van der Waals surface area contributed by atoms with Crippen molar-refractivity contribution >= 4 is 15.7 Å². The van der Waals surface area contributed by atoms with E-state index in [-0.39, 0.29) is 17.1 Å². The van der Waals surface area contributed by atoms with Gasteiger partial charge in [0.25, 0.3) is 0 Å². The van der Waals surface area contributed by atoms with Gasteiger partial charge in [-0.25, -0.2) is 13.1 Å². The highest BCUT2D eigenvalue weighted by atomic mass is 32.2. The van der Waals surface area contributed by atoms with E-state index in [1.54, 1.807) is 25.1 Å². The van der Waals surface area contributed by atoms with Crippen LogP contribution in [0.1, 0.15) is 22.6 Å². The molecule has 0 spiro atoms. The maximum Gasteiger partial charge on any atom is 0.243 e. The number of benzene rings is 1. The van der Waals surface area contributed by atoms with Gasteiger partial charge in [0.15, 0.2) is 5.76 Å². The van der Waals surface area contributed by atoms with Crippen molar-refractivity contribution in [1.82, 2.24) is 9.88 Å². The minimum absolute atomic E-state index is 0.0372. The van der Waals surface area contributed by atoms with Gasteiger partial charge >= 0.3 is 0 Å². The predicted molar refractivity (Wildman–Crippen MR) is 75.6 cm³/mol. The molecule has 0 amide bonds. The Labute approximate surface area is 118 Å². The van der Waals surface area contributed by atoms with Gasteiger partial charge in [0.1, 0.15) is 4.90 Å². The third-order valence-corrected chi connectivity index (χ3v) is 4.49. The molecular weight excluding hydrogens is 278 g/mol. The number of aromatic nitrogens is 1. The summed E-state index contributed by atoms with van der Waals surface area (Å²) in [5.74, 6) is 0.452. The van der Waals surface area contributed by atoms with E-state index in [4.69, 9.17) is 10.3 Å². The Hall–Kier alpha value is -1.86. The van der Waals surface area contributed by atoms with Crippen LogP contribution in [0.25, 0.3) is 0 Å². The van der Waals surface area contributed by atoms with Crippen molar-refractivity contribution in [2.75, 3.05) is 5.73 Å². The minimum atomic E-state index is -3.68. The molecule has 2 aromatic rings. The van der Waals surface area contributed by atoms with Gasteiger partial charge in [0.05, 0.1) is 17.9 Å². The van der Waals surface area contributed by atoms with Crippen LogP contribution in [0.4, 0.5) is 5.69 Å². The van der Waals surface area contributed by atoms with Gasteiger partial charge in [-0.3, -0.25) is 0 Å². The molecule has 0 aliphatic heterocycles. The Morgan fingerprint density at radius 1 is 1.20 bits per heavy atom. The summed E-state index contributed by atoms with van der Waals surface area (Å²) in [4.78, 5) is 0.0804. The lowest BCUT2D eigenvalue weighted by Crippen LogP contribution is -2.24. The number of hydrogen-bond acceptors (Lipinski definition) is 5. The van der Waals surface area contributed by atoms with Gasteiger partial charge in [-0.15, -0.1) is 0 Å². The van der Waals surface area contributed by atoms with E-state index >= 15 is 0 Å². The van der Waals surface area contributed by atoms with Crippen molar-refractivity contribution in [1.29, 1.82) is 0 Å². The second kappa shape index (κ2) is 5.26. The zero-order valence-electron chi connectivity index (χ0n) is 11.6. The van der Waals surface area contributed by atoms with Gasteiger partial charge in [-0.2, -0.15) is 0 Å². The molecule has 0 bridgehead atoms.